The third-order valence-electron chi connectivity index (χ3n) is 4.60. The average molecular weight is 367 g/mol. The lowest BCUT2D eigenvalue weighted by Crippen LogP contribution is -2.44. The number of nitrogens with one attached hydrogen (secondary N) is 3. The molecule has 1 atom stereocenters. The van der Waals surface area contributed by atoms with Gasteiger partial charge in [-0.1, -0.05) is 48.5 Å². The van der Waals surface area contributed by atoms with Crippen molar-refractivity contribution in [3.05, 3.63) is 65.7 Å². The molecule has 0 spiro atoms. The Kier molecular flexibility index (Phi) is 5.40. The zero-order valence-corrected chi connectivity index (χ0v) is 15.0. The lowest BCUT2D eigenvalue weighted by atomic mass is 9.85. The Hall–Kier alpha value is -3.35. The van der Waals surface area contributed by atoms with Gasteiger partial charge in [0.15, 0.2) is 0 Å². The van der Waals surface area contributed by atoms with Crippen molar-refractivity contribution in [2.75, 3.05) is 7.11 Å². The molecular weight excluding hydrogens is 346 g/mol. The van der Waals surface area contributed by atoms with Crippen molar-refractivity contribution < 1.29 is 19.1 Å². The molecule has 0 radical (unpaired) electrons. The van der Waals surface area contributed by atoms with Crippen LogP contribution in [0, 0.1) is 0 Å². The van der Waals surface area contributed by atoms with Crippen LogP contribution in [0.2, 0.25) is 0 Å². The molecular formula is C20H21N3O4. The van der Waals surface area contributed by atoms with Gasteiger partial charge < -0.3 is 15.4 Å². The smallest absolute Gasteiger partial charge is 0.322 e. The zero-order chi connectivity index (χ0) is 19.3. The summed E-state index contributed by atoms with van der Waals surface area (Å²) >= 11 is 0. The predicted octanol–water partition coefficient (Wildman–Crippen LogP) is 1.83. The second kappa shape index (κ2) is 7.90. The van der Waals surface area contributed by atoms with E-state index in [1.165, 1.54) is 0 Å². The lowest BCUT2D eigenvalue weighted by Gasteiger charge is -2.26. The van der Waals surface area contributed by atoms with Crippen LogP contribution in [0.1, 0.15) is 24.0 Å². The van der Waals surface area contributed by atoms with Crippen molar-refractivity contribution >= 4 is 17.8 Å². The topological polar surface area (TPSA) is 96.5 Å². The number of urea groups is 1. The molecule has 1 unspecified atom stereocenters. The molecule has 2 aromatic rings. The van der Waals surface area contributed by atoms with Crippen LogP contribution in [-0.2, 0) is 21.7 Å². The first-order valence-electron chi connectivity index (χ1n) is 8.63. The van der Waals surface area contributed by atoms with Crippen LogP contribution in [0.3, 0.4) is 0 Å². The van der Waals surface area contributed by atoms with E-state index in [9.17, 15) is 14.4 Å². The molecule has 3 N–H and O–H groups in total. The fourth-order valence-electron chi connectivity index (χ4n) is 3.17. The fourth-order valence-corrected chi connectivity index (χ4v) is 3.17. The molecule has 1 heterocycles. The highest BCUT2D eigenvalue weighted by atomic mass is 16.5. The fraction of sp³-hybridized carbons (Fsp3) is 0.250. The first kappa shape index (κ1) is 18.4. The summed E-state index contributed by atoms with van der Waals surface area (Å²) in [5.41, 5.74) is 0.268. The van der Waals surface area contributed by atoms with Crippen LogP contribution in [0.25, 0.3) is 0 Å². The molecule has 1 fully saturated rings. The van der Waals surface area contributed by atoms with Gasteiger partial charge in [-0.15, -0.1) is 0 Å². The molecule has 2 aromatic carbocycles. The largest absolute Gasteiger partial charge is 0.496 e. The number of methoxy groups -OCH3 is 1. The third kappa shape index (κ3) is 3.92. The summed E-state index contributed by atoms with van der Waals surface area (Å²) in [5.74, 6) is 0.0300. The van der Waals surface area contributed by atoms with E-state index in [0.29, 0.717) is 17.9 Å². The SMILES string of the molecule is COc1ccccc1CNC(=O)CCC1(c2ccccc2)NC(=O)NC1=O. The van der Waals surface area contributed by atoms with Crippen molar-refractivity contribution in [3.63, 3.8) is 0 Å². The van der Waals surface area contributed by atoms with Crippen LogP contribution in [0.5, 0.6) is 5.75 Å². The number of rotatable bonds is 7. The minimum Gasteiger partial charge on any atom is -0.496 e. The third-order valence-corrected chi connectivity index (χ3v) is 4.60. The molecule has 0 saturated carbocycles. The van der Waals surface area contributed by atoms with Crippen LogP contribution in [0.15, 0.2) is 54.6 Å². The molecule has 140 valence electrons. The Bertz CT molecular complexity index is 853. The van der Waals surface area contributed by atoms with Gasteiger partial charge in [0.2, 0.25) is 5.91 Å². The molecule has 1 aliphatic rings. The minimum atomic E-state index is -1.24. The first-order valence-corrected chi connectivity index (χ1v) is 8.63. The molecule has 1 saturated heterocycles. The minimum absolute atomic E-state index is 0.0811. The van der Waals surface area contributed by atoms with E-state index in [1.54, 1.807) is 31.4 Å². The van der Waals surface area contributed by atoms with Gasteiger partial charge in [0, 0.05) is 18.5 Å². The summed E-state index contributed by atoms with van der Waals surface area (Å²) in [7, 11) is 1.58. The number of ether oxygens (including phenoxy) is 1. The van der Waals surface area contributed by atoms with Crippen LogP contribution in [-0.4, -0.2) is 25.0 Å². The standard InChI is InChI=1S/C20H21N3O4/c1-27-16-10-6-5-7-14(16)13-21-17(24)11-12-20(15-8-3-2-4-9-15)18(25)22-19(26)23-20/h2-10H,11-13H2,1H3,(H,21,24)(H2,22,23,25,26). The van der Waals surface area contributed by atoms with E-state index in [1.807, 2.05) is 30.3 Å². The molecule has 0 bridgehead atoms. The van der Waals surface area contributed by atoms with E-state index in [4.69, 9.17) is 4.74 Å². The summed E-state index contributed by atoms with van der Waals surface area (Å²) in [6.45, 7) is 0.319. The van der Waals surface area contributed by atoms with Crippen molar-refractivity contribution in [2.24, 2.45) is 0 Å². The monoisotopic (exact) mass is 367 g/mol. The highest BCUT2D eigenvalue weighted by molar-refractivity contribution is 6.07. The highest BCUT2D eigenvalue weighted by Gasteiger charge is 2.47. The molecule has 7 heteroatoms. The van der Waals surface area contributed by atoms with Crippen molar-refractivity contribution in [1.82, 2.24) is 16.0 Å². The highest BCUT2D eigenvalue weighted by Crippen LogP contribution is 2.30. The molecule has 0 aromatic heterocycles. The number of imide groups is 1. The molecule has 0 aliphatic carbocycles. The Morgan fingerprint density at radius 3 is 2.44 bits per heavy atom. The number of hydrogen-bond donors (Lipinski definition) is 3. The predicted molar refractivity (Wildman–Crippen MR) is 98.9 cm³/mol. The summed E-state index contributed by atoms with van der Waals surface area (Å²) in [5, 5.41) is 7.78. The maximum Gasteiger partial charge on any atom is 0.322 e. The number of carbonyl (C=O) groups is 3. The van der Waals surface area contributed by atoms with Crippen LogP contribution < -0.4 is 20.7 Å². The van der Waals surface area contributed by atoms with Gasteiger partial charge >= 0.3 is 6.03 Å². The van der Waals surface area contributed by atoms with Crippen LogP contribution in [0.4, 0.5) is 4.79 Å². The van der Waals surface area contributed by atoms with Crippen LogP contribution >= 0.6 is 0 Å². The van der Waals surface area contributed by atoms with Gasteiger partial charge in [-0.2, -0.15) is 0 Å². The summed E-state index contributed by atoms with van der Waals surface area (Å²) in [4.78, 5) is 36.5. The van der Waals surface area contributed by atoms with E-state index in [2.05, 4.69) is 16.0 Å². The molecule has 1 aliphatic heterocycles. The summed E-state index contributed by atoms with van der Waals surface area (Å²) < 4.78 is 5.27. The number of amides is 4. The Morgan fingerprint density at radius 1 is 1.07 bits per heavy atom. The molecule has 27 heavy (non-hydrogen) atoms. The molecule has 3 rings (SSSR count). The second-order valence-electron chi connectivity index (χ2n) is 6.27. The lowest BCUT2D eigenvalue weighted by molar-refractivity contribution is -0.125. The van der Waals surface area contributed by atoms with Gasteiger partial charge in [-0.3, -0.25) is 14.9 Å². The normalized spacial score (nSPS) is 18.6. The van der Waals surface area contributed by atoms with Crippen molar-refractivity contribution in [3.8, 4) is 5.75 Å². The zero-order valence-electron chi connectivity index (χ0n) is 15.0. The molecule has 4 amide bonds. The first-order chi connectivity index (χ1) is 13.0. The van der Waals surface area contributed by atoms with E-state index < -0.39 is 17.5 Å². The van der Waals surface area contributed by atoms with Gasteiger partial charge in [0.1, 0.15) is 11.3 Å². The quantitative estimate of drug-likeness (QED) is 0.651. The van der Waals surface area contributed by atoms with E-state index in [-0.39, 0.29) is 18.7 Å². The Morgan fingerprint density at radius 2 is 1.78 bits per heavy atom. The molecule has 7 nitrogen and oxygen atoms in total. The van der Waals surface area contributed by atoms with Crippen molar-refractivity contribution in [1.29, 1.82) is 0 Å². The van der Waals surface area contributed by atoms with Crippen molar-refractivity contribution in [2.45, 2.75) is 24.9 Å². The van der Waals surface area contributed by atoms with Gasteiger partial charge in [-0.25, -0.2) is 4.79 Å². The van der Waals surface area contributed by atoms with Gasteiger partial charge in [0.25, 0.3) is 5.91 Å². The number of hydrogen-bond acceptors (Lipinski definition) is 4. The second-order valence-corrected chi connectivity index (χ2v) is 6.27. The maximum absolute atomic E-state index is 12.4. The van der Waals surface area contributed by atoms with E-state index >= 15 is 0 Å². The number of para-hydroxylation sites is 1. The Labute approximate surface area is 157 Å². The van der Waals surface area contributed by atoms with Gasteiger partial charge in [0.05, 0.1) is 7.11 Å². The average Bonchev–Trinajstić information content (AvgIpc) is 2.99. The Balaban J connectivity index is 1.67. The summed E-state index contributed by atoms with van der Waals surface area (Å²) in [6.07, 6.45) is 0.240. The van der Waals surface area contributed by atoms with Gasteiger partial charge in [-0.05, 0) is 18.1 Å². The number of benzene rings is 2. The summed E-state index contributed by atoms with van der Waals surface area (Å²) in [6, 6.07) is 15.8. The van der Waals surface area contributed by atoms with E-state index in [0.717, 1.165) is 5.56 Å². The maximum atomic E-state index is 12.4. The number of carbonyl (C=O) groups excluding carboxylic acids is 3.